The van der Waals surface area contributed by atoms with Crippen LogP contribution in [0.4, 0.5) is 0 Å². The Hall–Kier alpha value is -2.31. The lowest BCUT2D eigenvalue weighted by Gasteiger charge is -2.44. The van der Waals surface area contributed by atoms with Gasteiger partial charge in [0.25, 0.3) is 11.5 Å². The summed E-state index contributed by atoms with van der Waals surface area (Å²) in [7, 11) is 0. The lowest BCUT2D eigenvalue weighted by Crippen LogP contribution is -2.54. The van der Waals surface area contributed by atoms with E-state index in [1.807, 2.05) is 0 Å². The Morgan fingerprint density at radius 3 is 2.63 bits per heavy atom. The van der Waals surface area contributed by atoms with Gasteiger partial charge in [0.1, 0.15) is 5.75 Å². The second-order valence-electron chi connectivity index (χ2n) is 8.25. The predicted octanol–water partition coefficient (Wildman–Crippen LogP) is 1.87. The van der Waals surface area contributed by atoms with E-state index in [1.54, 1.807) is 4.90 Å². The standard InChI is InChI=1S/C20H27N3O4/c24-16-11-17(25)21-12-15(16)18(26)22-10-8-20(13-22)7-4-9-23(19(20)27)14-5-2-1-3-6-14/h11-12,14H,1-10,13H2,(H2,21,24,25)/t20-/m0/s1. The van der Waals surface area contributed by atoms with Gasteiger partial charge in [0.2, 0.25) is 5.91 Å². The van der Waals surface area contributed by atoms with Crippen LogP contribution in [0.2, 0.25) is 0 Å². The van der Waals surface area contributed by atoms with Gasteiger partial charge in [0, 0.05) is 37.9 Å². The number of likely N-dealkylation sites (tertiary alicyclic amines) is 2. The molecule has 4 rings (SSSR count). The summed E-state index contributed by atoms with van der Waals surface area (Å²) in [4.78, 5) is 43.6. The van der Waals surface area contributed by atoms with Crippen LogP contribution in [0.3, 0.4) is 0 Å². The van der Waals surface area contributed by atoms with Crippen LogP contribution < -0.4 is 5.56 Å². The molecule has 2 amide bonds. The topological polar surface area (TPSA) is 93.7 Å². The molecule has 2 saturated heterocycles. The quantitative estimate of drug-likeness (QED) is 0.827. The van der Waals surface area contributed by atoms with Crippen molar-refractivity contribution in [2.24, 2.45) is 5.41 Å². The van der Waals surface area contributed by atoms with Gasteiger partial charge < -0.3 is 19.9 Å². The van der Waals surface area contributed by atoms with E-state index in [0.717, 1.165) is 38.3 Å². The fourth-order valence-corrected chi connectivity index (χ4v) is 5.07. The Bertz CT molecular complexity index is 799. The average molecular weight is 373 g/mol. The lowest BCUT2D eigenvalue weighted by atomic mass is 9.77. The minimum atomic E-state index is -0.483. The van der Waals surface area contributed by atoms with Crippen LogP contribution in [-0.2, 0) is 4.79 Å². The summed E-state index contributed by atoms with van der Waals surface area (Å²) in [6, 6.07) is 1.37. The molecule has 1 aromatic rings. The van der Waals surface area contributed by atoms with Crippen LogP contribution in [0.15, 0.2) is 17.1 Å². The van der Waals surface area contributed by atoms with Gasteiger partial charge in [0.05, 0.1) is 11.0 Å². The number of aromatic amines is 1. The molecule has 1 spiro atoms. The molecule has 3 heterocycles. The fraction of sp³-hybridized carbons (Fsp3) is 0.650. The maximum atomic E-state index is 13.4. The van der Waals surface area contributed by atoms with Gasteiger partial charge in [-0.05, 0) is 32.1 Å². The minimum absolute atomic E-state index is 0.0824. The first-order valence-electron chi connectivity index (χ1n) is 10.0. The Kier molecular flexibility index (Phi) is 4.70. The third-order valence-electron chi connectivity index (χ3n) is 6.56. The molecule has 1 saturated carbocycles. The maximum Gasteiger partial charge on any atom is 0.259 e. The Labute approximate surface area is 158 Å². The summed E-state index contributed by atoms with van der Waals surface area (Å²) in [5.74, 6) is -0.437. The van der Waals surface area contributed by atoms with Crippen molar-refractivity contribution < 1.29 is 14.7 Å². The van der Waals surface area contributed by atoms with Crippen LogP contribution in [0.1, 0.15) is 61.7 Å². The molecule has 1 atom stereocenters. The molecule has 1 aromatic heterocycles. The molecule has 1 aliphatic carbocycles. The van der Waals surface area contributed by atoms with Crippen LogP contribution in [0, 0.1) is 5.41 Å². The van der Waals surface area contributed by atoms with Crippen LogP contribution in [0.5, 0.6) is 5.75 Å². The number of H-pyrrole nitrogens is 1. The number of pyridine rings is 1. The van der Waals surface area contributed by atoms with Gasteiger partial charge >= 0.3 is 0 Å². The number of aromatic nitrogens is 1. The molecule has 2 aliphatic heterocycles. The molecule has 7 heteroatoms. The first-order chi connectivity index (χ1) is 13.0. The molecule has 0 bridgehead atoms. The normalized spacial score (nSPS) is 26.7. The smallest absolute Gasteiger partial charge is 0.259 e. The van der Waals surface area contributed by atoms with Crippen LogP contribution in [0.25, 0.3) is 0 Å². The zero-order valence-corrected chi connectivity index (χ0v) is 15.6. The predicted molar refractivity (Wildman–Crippen MR) is 99.5 cm³/mol. The third kappa shape index (κ3) is 3.24. The highest BCUT2D eigenvalue weighted by Crippen LogP contribution is 2.42. The van der Waals surface area contributed by atoms with Crippen molar-refractivity contribution in [1.82, 2.24) is 14.8 Å². The second kappa shape index (κ2) is 7.02. The number of hydrogen-bond donors (Lipinski definition) is 2. The number of nitrogens with zero attached hydrogens (tertiary/aromatic N) is 2. The molecule has 146 valence electrons. The Morgan fingerprint density at radius 1 is 1.11 bits per heavy atom. The molecule has 27 heavy (non-hydrogen) atoms. The van der Waals surface area contributed by atoms with Gasteiger partial charge in [-0.25, -0.2) is 0 Å². The fourth-order valence-electron chi connectivity index (χ4n) is 5.07. The Balaban J connectivity index is 1.51. The maximum absolute atomic E-state index is 13.4. The molecule has 0 unspecified atom stereocenters. The first kappa shape index (κ1) is 18.1. The van der Waals surface area contributed by atoms with Gasteiger partial charge in [-0.15, -0.1) is 0 Å². The second-order valence-corrected chi connectivity index (χ2v) is 8.25. The van der Waals surface area contributed by atoms with Crippen molar-refractivity contribution in [2.75, 3.05) is 19.6 Å². The summed E-state index contributed by atoms with van der Waals surface area (Å²) in [6.07, 6.45) is 9.55. The van der Waals surface area contributed by atoms with Gasteiger partial charge in [-0.2, -0.15) is 0 Å². The summed E-state index contributed by atoms with van der Waals surface area (Å²) in [6.45, 7) is 1.73. The van der Waals surface area contributed by atoms with Crippen molar-refractivity contribution in [3.63, 3.8) is 0 Å². The average Bonchev–Trinajstić information content (AvgIpc) is 3.09. The van der Waals surface area contributed by atoms with E-state index in [9.17, 15) is 19.5 Å². The number of carbonyl (C=O) groups is 2. The highest BCUT2D eigenvalue weighted by molar-refractivity contribution is 5.97. The highest BCUT2D eigenvalue weighted by Gasteiger charge is 2.50. The molecule has 0 aromatic carbocycles. The SMILES string of the molecule is O=C(c1c[nH]c(=O)cc1O)N1CC[C@@]2(CCCN(C3CCCCC3)C2=O)C1. The lowest BCUT2D eigenvalue weighted by molar-refractivity contribution is -0.149. The van der Waals surface area contributed by atoms with E-state index in [0.29, 0.717) is 25.6 Å². The number of aromatic hydroxyl groups is 1. The van der Waals surface area contributed by atoms with E-state index in [1.165, 1.54) is 25.5 Å². The molecule has 2 N–H and O–H groups in total. The molecule has 7 nitrogen and oxygen atoms in total. The van der Waals surface area contributed by atoms with Gasteiger partial charge in [-0.1, -0.05) is 19.3 Å². The van der Waals surface area contributed by atoms with Crippen LogP contribution >= 0.6 is 0 Å². The summed E-state index contributed by atoms with van der Waals surface area (Å²) in [5.41, 5.74) is -0.852. The van der Waals surface area contributed by atoms with Crippen molar-refractivity contribution >= 4 is 11.8 Å². The van der Waals surface area contributed by atoms with E-state index < -0.39 is 11.0 Å². The number of nitrogens with one attached hydrogen (secondary N) is 1. The van der Waals surface area contributed by atoms with Crippen LogP contribution in [-0.4, -0.2) is 57.4 Å². The molecule has 3 aliphatic rings. The zero-order chi connectivity index (χ0) is 19.0. The highest BCUT2D eigenvalue weighted by atomic mass is 16.3. The van der Waals surface area contributed by atoms with Gasteiger partial charge in [0.15, 0.2) is 0 Å². The third-order valence-corrected chi connectivity index (χ3v) is 6.56. The number of rotatable bonds is 2. The molecule has 3 fully saturated rings. The van der Waals surface area contributed by atoms with Crippen molar-refractivity contribution in [2.45, 2.75) is 57.4 Å². The monoisotopic (exact) mass is 373 g/mol. The van der Waals surface area contributed by atoms with Crippen molar-refractivity contribution in [1.29, 1.82) is 0 Å². The van der Waals surface area contributed by atoms with E-state index >= 15 is 0 Å². The van der Waals surface area contributed by atoms with E-state index in [4.69, 9.17) is 0 Å². The number of hydrogen-bond acceptors (Lipinski definition) is 4. The van der Waals surface area contributed by atoms with E-state index in [-0.39, 0.29) is 23.1 Å². The summed E-state index contributed by atoms with van der Waals surface area (Å²) in [5, 5.41) is 9.95. The van der Waals surface area contributed by atoms with Crippen molar-refractivity contribution in [3.05, 3.63) is 28.2 Å². The number of piperidine rings is 1. The minimum Gasteiger partial charge on any atom is -0.507 e. The number of carbonyl (C=O) groups excluding carboxylic acids is 2. The molecule has 0 radical (unpaired) electrons. The Morgan fingerprint density at radius 2 is 1.89 bits per heavy atom. The van der Waals surface area contributed by atoms with Crippen molar-refractivity contribution in [3.8, 4) is 5.75 Å². The summed E-state index contributed by atoms with van der Waals surface area (Å²) >= 11 is 0. The molecular formula is C20H27N3O4. The summed E-state index contributed by atoms with van der Waals surface area (Å²) < 4.78 is 0. The zero-order valence-electron chi connectivity index (χ0n) is 15.6. The van der Waals surface area contributed by atoms with E-state index in [2.05, 4.69) is 9.88 Å². The largest absolute Gasteiger partial charge is 0.507 e. The molecular weight excluding hydrogens is 346 g/mol. The number of amides is 2. The first-order valence-corrected chi connectivity index (χ1v) is 10.0. The van der Waals surface area contributed by atoms with Gasteiger partial charge in [-0.3, -0.25) is 14.4 Å².